The van der Waals surface area contributed by atoms with E-state index in [9.17, 15) is 19.2 Å². The summed E-state index contributed by atoms with van der Waals surface area (Å²) in [6.45, 7) is 10.5. The first kappa shape index (κ1) is 23.6. The van der Waals surface area contributed by atoms with Crippen LogP contribution in [-0.4, -0.2) is 55.4 Å². The number of rotatable bonds is 10. The van der Waals surface area contributed by atoms with Crippen molar-refractivity contribution in [2.45, 2.75) is 20.8 Å². The van der Waals surface area contributed by atoms with Gasteiger partial charge in [0.25, 0.3) is 18.3 Å². The van der Waals surface area contributed by atoms with Gasteiger partial charge < -0.3 is 14.4 Å². The van der Waals surface area contributed by atoms with E-state index in [1.54, 1.807) is 13.0 Å². The molecule has 0 aromatic heterocycles. The average molecular weight is 426 g/mol. The molecule has 1 aliphatic heterocycles. The lowest BCUT2D eigenvalue weighted by Gasteiger charge is -2.28. The van der Waals surface area contributed by atoms with Gasteiger partial charge in [-0.15, -0.1) is 0 Å². The van der Waals surface area contributed by atoms with Crippen molar-refractivity contribution in [1.29, 1.82) is 0 Å². The Kier molecular flexibility index (Phi) is 8.31. The zero-order valence-electron chi connectivity index (χ0n) is 17.9. The monoisotopic (exact) mass is 426 g/mol. The maximum Gasteiger partial charge on any atom is 0.330 e. The van der Waals surface area contributed by atoms with Crippen molar-refractivity contribution in [3.63, 3.8) is 0 Å². The van der Waals surface area contributed by atoms with E-state index < -0.39 is 17.8 Å². The highest BCUT2D eigenvalue weighted by Gasteiger charge is 2.36. The molecular weight excluding hydrogens is 400 g/mol. The highest BCUT2D eigenvalue weighted by atomic mass is 16.5. The molecule has 0 spiro atoms. The quantitative estimate of drug-likeness (QED) is 0.246. The Balaban J connectivity index is 2.37. The van der Waals surface area contributed by atoms with Crippen molar-refractivity contribution >= 4 is 36.0 Å². The van der Waals surface area contributed by atoms with E-state index in [0.29, 0.717) is 0 Å². The van der Waals surface area contributed by atoms with Gasteiger partial charge in [0.05, 0.1) is 6.54 Å². The SMILES string of the molecule is C=CC(=O)OCCN1C(=O)C(OC=O)=C(C)/C(=C/c2ccc(N(CC)CC)cc2)C1=O. The Hall–Kier alpha value is -3.68. The third-order valence-electron chi connectivity index (χ3n) is 4.88. The van der Waals surface area contributed by atoms with Crippen LogP contribution in [0.4, 0.5) is 5.69 Å². The van der Waals surface area contributed by atoms with E-state index in [2.05, 4.69) is 25.3 Å². The average Bonchev–Trinajstić information content (AvgIpc) is 2.78. The lowest BCUT2D eigenvalue weighted by Crippen LogP contribution is -2.45. The van der Waals surface area contributed by atoms with Crippen LogP contribution in [-0.2, 0) is 28.7 Å². The number of hydrogen-bond donors (Lipinski definition) is 0. The molecule has 0 saturated heterocycles. The molecule has 0 atom stereocenters. The molecule has 31 heavy (non-hydrogen) atoms. The number of benzene rings is 1. The minimum absolute atomic E-state index is 0.138. The second-order valence-corrected chi connectivity index (χ2v) is 6.62. The summed E-state index contributed by atoms with van der Waals surface area (Å²) in [5, 5.41) is 0. The molecule has 1 aromatic carbocycles. The molecule has 0 aliphatic carbocycles. The van der Waals surface area contributed by atoms with Gasteiger partial charge in [-0.3, -0.25) is 19.3 Å². The maximum absolute atomic E-state index is 13.0. The molecule has 1 heterocycles. The van der Waals surface area contributed by atoms with E-state index in [0.717, 1.165) is 35.3 Å². The van der Waals surface area contributed by atoms with Crippen molar-refractivity contribution in [3.05, 3.63) is 59.4 Å². The Morgan fingerprint density at radius 3 is 2.32 bits per heavy atom. The molecule has 0 radical (unpaired) electrons. The second-order valence-electron chi connectivity index (χ2n) is 6.62. The van der Waals surface area contributed by atoms with E-state index >= 15 is 0 Å². The van der Waals surface area contributed by atoms with Crippen LogP contribution < -0.4 is 4.90 Å². The standard InChI is InChI=1S/C23H26N2O6/c1-5-20(27)30-13-12-25-22(28)19(16(4)21(23(25)29)31-15-26)14-17-8-10-18(11-9-17)24(6-2)7-3/h5,8-11,14-15H,1,6-7,12-13H2,2-4H3/b19-14-. The van der Waals surface area contributed by atoms with Gasteiger partial charge in [-0.2, -0.15) is 0 Å². The summed E-state index contributed by atoms with van der Waals surface area (Å²) >= 11 is 0. The minimum atomic E-state index is -0.765. The fourth-order valence-corrected chi connectivity index (χ4v) is 3.20. The summed E-state index contributed by atoms with van der Waals surface area (Å²) in [4.78, 5) is 50.9. The number of carbonyl (C=O) groups excluding carboxylic acids is 4. The van der Waals surface area contributed by atoms with Crippen LogP contribution in [0.2, 0.25) is 0 Å². The molecule has 8 heteroatoms. The predicted molar refractivity (Wildman–Crippen MR) is 116 cm³/mol. The Labute approximate surface area is 181 Å². The number of ether oxygens (including phenoxy) is 2. The molecule has 0 saturated carbocycles. The number of imide groups is 1. The summed E-state index contributed by atoms with van der Waals surface area (Å²) in [6.07, 6.45) is 2.62. The molecule has 2 amide bonds. The van der Waals surface area contributed by atoms with E-state index in [-0.39, 0.29) is 36.5 Å². The summed E-state index contributed by atoms with van der Waals surface area (Å²) < 4.78 is 9.74. The minimum Gasteiger partial charge on any atom is -0.461 e. The molecular formula is C23H26N2O6. The topological polar surface area (TPSA) is 93.2 Å². The fraction of sp³-hybridized carbons (Fsp3) is 0.304. The van der Waals surface area contributed by atoms with Crippen LogP contribution in [0.25, 0.3) is 6.08 Å². The van der Waals surface area contributed by atoms with Gasteiger partial charge in [-0.1, -0.05) is 18.7 Å². The van der Waals surface area contributed by atoms with Crippen LogP contribution in [0.1, 0.15) is 26.3 Å². The molecule has 1 aliphatic rings. The number of nitrogens with zero attached hydrogens (tertiary/aromatic N) is 2. The third-order valence-corrected chi connectivity index (χ3v) is 4.88. The highest BCUT2D eigenvalue weighted by molar-refractivity contribution is 6.17. The first-order chi connectivity index (χ1) is 14.9. The van der Waals surface area contributed by atoms with E-state index in [4.69, 9.17) is 9.47 Å². The normalized spacial score (nSPS) is 15.2. The lowest BCUT2D eigenvalue weighted by atomic mass is 9.97. The number of esters is 1. The van der Waals surface area contributed by atoms with Crippen molar-refractivity contribution in [3.8, 4) is 0 Å². The summed E-state index contributed by atoms with van der Waals surface area (Å²) in [7, 11) is 0. The Morgan fingerprint density at radius 1 is 1.13 bits per heavy atom. The van der Waals surface area contributed by atoms with Gasteiger partial charge >= 0.3 is 5.97 Å². The summed E-state index contributed by atoms with van der Waals surface area (Å²) in [5.41, 5.74) is 2.27. The van der Waals surface area contributed by atoms with Gasteiger partial charge in [0.2, 0.25) is 0 Å². The molecule has 1 aromatic rings. The number of amides is 2. The first-order valence-electron chi connectivity index (χ1n) is 9.91. The van der Waals surface area contributed by atoms with Gasteiger partial charge in [0.1, 0.15) is 6.61 Å². The smallest absolute Gasteiger partial charge is 0.330 e. The second kappa shape index (κ2) is 10.9. The van der Waals surface area contributed by atoms with E-state index in [1.165, 1.54) is 0 Å². The maximum atomic E-state index is 13.0. The predicted octanol–water partition coefficient (Wildman–Crippen LogP) is 2.46. The Bertz CT molecular complexity index is 926. The molecule has 0 fully saturated rings. The third kappa shape index (κ3) is 5.48. The number of hydrogen-bond acceptors (Lipinski definition) is 7. The van der Waals surface area contributed by atoms with Gasteiger partial charge in [0.15, 0.2) is 5.76 Å². The summed E-state index contributed by atoms with van der Waals surface area (Å²) in [6, 6.07) is 7.64. The Morgan fingerprint density at radius 2 is 1.77 bits per heavy atom. The molecule has 0 N–H and O–H groups in total. The molecule has 164 valence electrons. The van der Waals surface area contributed by atoms with E-state index in [1.807, 2.05) is 24.3 Å². The van der Waals surface area contributed by atoms with Crippen molar-refractivity contribution in [2.75, 3.05) is 31.1 Å². The molecule has 0 bridgehead atoms. The van der Waals surface area contributed by atoms with Crippen molar-refractivity contribution in [2.24, 2.45) is 0 Å². The lowest BCUT2D eigenvalue weighted by molar-refractivity contribution is -0.149. The van der Waals surface area contributed by atoms with Crippen LogP contribution in [0.15, 0.2) is 53.8 Å². The molecule has 2 rings (SSSR count). The van der Waals surface area contributed by atoms with Crippen molar-refractivity contribution in [1.82, 2.24) is 4.90 Å². The van der Waals surface area contributed by atoms with Crippen LogP contribution >= 0.6 is 0 Å². The molecule has 0 unspecified atom stereocenters. The van der Waals surface area contributed by atoms with Crippen molar-refractivity contribution < 1.29 is 28.7 Å². The number of anilines is 1. The highest BCUT2D eigenvalue weighted by Crippen LogP contribution is 2.28. The zero-order chi connectivity index (χ0) is 23.0. The van der Waals surface area contributed by atoms with Crippen LogP contribution in [0.5, 0.6) is 0 Å². The van der Waals surface area contributed by atoms with Gasteiger partial charge in [-0.25, -0.2) is 4.79 Å². The molecule has 8 nitrogen and oxygen atoms in total. The van der Waals surface area contributed by atoms with Gasteiger partial charge in [0, 0.05) is 36.0 Å². The summed E-state index contributed by atoms with van der Waals surface area (Å²) in [5.74, 6) is -2.24. The fourth-order valence-electron chi connectivity index (χ4n) is 3.20. The van der Waals surface area contributed by atoms with Crippen LogP contribution in [0.3, 0.4) is 0 Å². The van der Waals surface area contributed by atoms with Crippen LogP contribution in [0, 0.1) is 0 Å². The largest absolute Gasteiger partial charge is 0.461 e. The van der Waals surface area contributed by atoms with Gasteiger partial charge in [-0.05, 0) is 44.5 Å². The first-order valence-corrected chi connectivity index (χ1v) is 9.91. The number of carbonyl (C=O) groups is 4. The zero-order valence-corrected chi connectivity index (χ0v) is 17.9.